The third kappa shape index (κ3) is 3.93. The molecule has 2 saturated heterocycles. The maximum absolute atomic E-state index is 12.3. The minimum Gasteiger partial charge on any atom is -0.340 e. The van der Waals surface area contributed by atoms with Crippen molar-refractivity contribution in [2.45, 2.75) is 32.1 Å². The van der Waals surface area contributed by atoms with Crippen molar-refractivity contribution in [3.05, 3.63) is 0 Å². The van der Waals surface area contributed by atoms with Crippen molar-refractivity contribution in [2.24, 2.45) is 11.8 Å². The fourth-order valence-electron chi connectivity index (χ4n) is 3.31. The molecule has 0 aromatic rings. The zero-order valence-electron chi connectivity index (χ0n) is 11.9. The molecule has 3 rings (SSSR count). The van der Waals surface area contributed by atoms with Crippen LogP contribution in [0.25, 0.3) is 0 Å². The fraction of sp³-hybridized carbons (Fsp3) is 0.933. The molecular weight excluding hydrogens is 238 g/mol. The van der Waals surface area contributed by atoms with E-state index in [4.69, 9.17) is 0 Å². The van der Waals surface area contributed by atoms with Gasteiger partial charge in [-0.05, 0) is 50.6 Å². The monoisotopic (exact) mass is 265 g/mol. The van der Waals surface area contributed by atoms with Gasteiger partial charge >= 0.3 is 0 Å². The van der Waals surface area contributed by atoms with Gasteiger partial charge in [0.05, 0.1) is 0 Å². The Kier molecular flexibility index (Phi) is 4.38. The van der Waals surface area contributed by atoms with Crippen molar-refractivity contribution < 1.29 is 4.79 Å². The number of carbonyl (C=O) groups excluding carboxylic acids is 1. The van der Waals surface area contributed by atoms with E-state index in [1.807, 2.05) is 0 Å². The molecule has 108 valence electrons. The number of rotatable bonds is 4. The summed E-state index contributed by atoms with van der Waals surface area (Å²) < 4.78 is 0. The van der Waals surface area contributed by atoms with E-state index in [-0.39, 0.29) is 0 Å². The molecule has 0 radical (unpaired) electrons. The zero-order valence-corrected chi connectivity index (χ0v) is 11.9. The third-order valence-corrected chi connectivity index (χ3v) is 4.86. The SMILES string of the molecule is O=C(CC1CCNCC1)N1CCN(CC2CC2)CC1. The molecule has 0 atom stereocenters. The van der Waals surface area contributed by atoms with Gasteiger partial charge in [0.15, 0.2) is 0 Å². The summed E-state index contributed by atoms with van der Waals surface area (Å²) in [5, 5.41) is 3.37. The van der Waals surface area contributed by atoms with Crippen LogP contribution in [0.5, 0.6) is 0 Å². The molecule has 0 unspecified atom stereocenters. The van der Waals surface area contributed by atoms with Crippen LogP contribution >= 0.6 is 0 Å². The highest BCUT2D eigenvalue weighted by Crippen LogP contribution is 2.30. The van der Waals surface area contributed by atoms with Gasteiger partial charge in [-0.25, -0.2) is 0 Å². The van der Waals surface area contributed by atoms with E-state index < -0.39 is 0 Å². The van der Waals surface area contributed by atoms with Crippen LogP contribution in [0.2, 0.25) is 0 Å². The van der Waals surface area contributed by atoms with Gasteiger partial charge in [-0.3, -0.25) is 9.69 Å². The molecule has 1 aliphatic carbocycles. The lowest BCUT2D eigenvalue weighted by molar-refractivity contribution is -0.134. The van der Waals surface area contributed by atoms with Crippen LogP contribution in [0.3, 0.4) is 0 Å². The average Bonchev–Trinajstić information content (AvgIpc) is 3.25. The van der Waals surface area contributed by atoms with Crippen molar-refractivity contribution in [3.63, 3.8) is 0 Å². The topological polar surface area (TPSA) is 35.6 Å². The maximum Gasteiger partial charge on any atom is 0.222 e. The fourth-order valence-corrected chi connectivity index (χ4v) is 3.31. The van der Waals surface area contributed by atoms with E-state index in [1.54, 1.807) is 0 Å². The summed E-state index contributed by atoms with van der Waals surface area (Å²) in [6, 6.07) is 0. The van der Waals surface area contributed by atoms with Gasteiger partial charge in [0.2, 0.25) is 5.91 Å². The Hall–Kier alpha value is -0.610. The van der Waals surface area contributed by atoms with Gasteiger partial charge in [-0.2, -0.15) is 0 Å². The van der Waals surface area contributed by atoms with Crippen LogP contribution in [-0.2, 0) is 4.79 Å². The highest BCUT2D eigenvalue weighted by atomic mass is 16.2. The van der Waals surface area contributed by atoms with Gasteiger partial charge in [0.25, 0.3) is 0 Å². The molecule has 0 aromatic heterocycles. The quantitative estimate of drug-likeness (QED) is 0.821. The first-order valence-electron chi connectivity index (χ1n) is 8.02. The first-order chi connectivity index (χ1) is 9.31. The summed E-state index contributed by atoms with van der Waals surface area (Å²) in [5.74, 6) is 1.99. The highest BCUT2D eigenvalue weighted by Gasteiger charge is 2.28. The van der Waals surface area contributed by atoms with Crippen LogP contribution < -0.4 is 5.32 Å². The predicted octanol–water partition coefficient (Wildman–Crippen LogP) is 0.930. The summed E-state index contributed by atoms with van der Waals surface area (Å²) in [6.07, 6.45) is 5.98. The molecule has 0 aromatic carbocycles. The molecule has 3 fully saturated rings. The lowest BCUT2D eigenvalue weighted by Gasteiger charge is -2.35. The summed E-state index contributed by atoms with van der Waals surface area (Å²) in [7, 11) is 0. The van der Waals surface area contributed by atoms with Gasteiger partial charge < -0.3 is 10.2 Å². The number of piperazine rings is 1. The molecule has 4 nitrogen and oxygen atoms in total. The zero-order chi connectivity index (χ0) is 13.1. The summed E-state index contributed by atoms with van der Waals surface area (Å²) in [6.45, 7) is 7.55. The second-order valence-electron chi connectivity index (χ2n) is 6.52. The lowest BCUT2D eigenvalue weighted by Crippen LogP contribution is -2.49. The minimum atomic E-state index is 0.401. The minimum absolute atomic E-state index is 0.401. The standard InChI is InChI=1S/C15H27N3O/c19-15(11-13-3-5-16-6-4-13)18-9-7-17(8-10-18)12-14-1-2-14/h13-14,16H,1-12H2. The van der Waals surface area contributed by atoms with Gasteiger partial charge in [0, 0.05) is 39.1 Å². The third-order valence-electron chi connectivity index (χ3n) is 4.86. The Morgan fingerprint density at radius 3 is 2.26 bits per heavy atom. The van der Waals surface area contributed by atoms with Crippen LogP contribution in [0.1, 0.15) is 32.1 Å². The number of hydrogen-bond acceptors (Lipinski definition) is 3. The van der Waals surface area contributed by atoms with Crippen molar-refractivity contribution >= 4 is 5.91 Å². The number of nitrogens with zero attached hydrogens (tertiary/aromatic N) is 2. The highest BCUT2D eigenvalue weighted by molar-refractivity contribution is 5.76. The normalized spacial score (nSPS) is 26.6. The first-order valence-corrected chi connectivity index (χ1v) is 8.02. The average molecular weight is 265 g/mol. The van der Waals surface area contributed by atoms with Gasteiger partial charge in [0.1, 0.15) is 0 Å². The molecular formula is C15H27N3O. The second-order valence-corrected chi connectivity index (χ2v) is 6.52. The molecule has 1 saturated carbocycles. The Labute approximate surface area is 116 Å². The van der Waals surface area contributed by atoms with Crippen molar-refractivity contribution in [1.29, 1.82) is 0 Å². The van der Waals surface area contributed by atoms with E-state index in [9.17, 15) is 4.79 Å². The summed E-state index contributed by atoms with van der Waals surface area (Å²) in [4.78, 5) is 16.9. The Morgan fingerprint density at radius 1 is 0.947 bits per heavy atom. The van der Waals surface area contributed by atoms with E-state index in [2.05, 4.69) is 15.1 Å². The van der Waals surface area contributed by atoms with Crippen molar-refractivity contribution in [3.8, 4) is 0 Å². The van der Waals surface area contributed by atoms with Crippen molar-refractivity contribution in [2.75, 3.05) is 45.8 Å². The first kappa shape index (κ1) is 13.4. The lowest BCUT2D eigenvalue weighted by atomic mass is 9.94. The Balaban J connectivity index is 1.38. The molecule has 0 spiro atoms. The molecule has 3 aliphatic rings. The predicted molar refractivity (Wildman–Crippen MR) is 76.0 cm³/mol. The largest absolute Gasteiger partial charge is 0.340 e. The van der Waals surface area contributed by atoms with Crippen molar-refractivity contribution in [1.82, 2.24) is 15.1 Å². The number of piperidine rings is 1. The second kappa shape index (κ2) is 6.23. The molecule has 4 heteroatoms. The number of amides is 1. The molecule has 2 heterocycles. The van der Waals surface area contributed by atoms with Crippen LogP contribution in [0.4, 0.5) is 0 Å². The van der Waals surface area contributed by atoms with E-state index >= 15 is 0 Å². The molecule has 2 aliphatic heterocycles. The molecule has 19 heavy (non-hydrogen) atoms. The van der Waals surface area contributed by atoms with Gasteiger partial charge in [-0.1, -0.05) is 0 Å². The summed E-state index contributed by atoms with van der Waals surface area (Å²) in [5.41, 5.74) is 0. The number of carbonyl (C=O) groups is 1. The van der Waals surface area contributed by atoms with Gasteiger partial charge in [-0.15, -0.1) is 0 Å². The molecule has 1 amide bonds. The van der Waals surface area contributed by atoms with Crippen LogP contribution in [0.15, 0.2) is 0 Å². The van der Waals surface area contributed by atoms with E-state index in [0.717, 1.165) is 51.6 Å². The Morgan fingerprint density at radius 2 is 1.63 bits per heavy atom. The van der Waals surface area contributed by atoms with Crippen LogP contribution in [0, 0.1) is 11.8 Å². The smallest absolute Gasteiger partial charge is 0.222 e. The Bertz CT molecular complexity index is 303. The summed E-state index contributed by atoms with van der Waals surface area (Å²) >= 11 is 0. The number of nitrogens with one attached hydrogen (secondary N) is 1. The molecule has 0 bridgehead atoms. The van der Waals surface area contributed by atoms with E-state index in [0.29, 0.717) is 11.8 Å². The molecule has 1 N–H and O–H groups in total. The van der Waals surface area contributed by atoms with Crippen LogP contribution in [-0.4, -0.2) is 61.5 Å². The number of hydrogen-bond donors (Lipinski definition) is 1. The van der Waals surface area contributed by atoms with E-state index in [1.165, 1.54) is 32.2 Å². The maximum atomic E-state index is 12.3.